The van der Waals surface area contributed by atoms with Gasteiger partial charge in [0.05, 0.1) is 7.11 Å². The lowest BCUT2D eigenvalue weighted by Crippen LogP contribution is -1.92. The third-order valence-corrected chi connectivity index (χ3v) is 2.09. The van der Waals surface area contributed by atoms with Crippen LogP contribution in [0.5, 0.6) is 11.5 Å². The minimum Gasteiger partial charge on any atom is -0.504 e. The van der Waals surface area contributed by atoms with Crippen LogP contribution in [-0.2, 0) is 11.2 Å². The first-order valence-corrected chi connectivity index (χ1v) is 4.66. The van der Waals surface area contributed by atoms with Crippen LogP contribution in [0.4, 0.5) is 0 Å². The van der Waals surface area contributed by atoms with Crippen LogP contribution in [0.15, 0.2) is 18.2 Å². The minimum absolute atomic E-state index is 0.0941. The summed E-state index contributed by atoms with van der Waals surface area (Å²) in [6, 6.07) is 5.08. The van der Waals surface area contributed by atoms with Crippen molar-refractivity contribution in [3.8, 4) is 11.5 Å². The molecule has 1 aromatic carbocycles. The van der Waals surface area contributed by atoms with E-state index in [1.807, 2.05) is 6.07 Å². The molecule has 0 amide bonds. The van der Waals surface area contributed by atoms with E-state index >= 15 is 0 Å². The zero-order chi connectivity index (χ0) is 10.6. The highest BCUT2D eigenvalue weighted by Crippen LogP contribution is 2.26. The maximum absolute atomic E-state index is 10.6. The summed E-state index contributed by atoms with van der Waals surface area (Å²) in [6.45, 7) is 0. The molecule has 0 saturated heterocycles. The van der Waals surface area contributed by atoms with Gasteiger partial charge in [-0.2, -0.15) is 0 Å². The largest absolute Gasteiger partial charge is 0.504 e. The van der Waals surface area contributed by atoms with Gasteiger partial charge in [-0.3, -0.25) is 4.79 Å². The van der Waals surface area contributed by atoms with Crippen molar-refractivity contribution in [3.05, 3.63) is 23.8 Å². The molecule has 0 radical (unpaired) electrons. The highest BCUT2D eigenvalue weighted by atomic mass is 32.1. The van der Waals surface area contributed by atoms with Crippen LogP contribution in [-0.4, -0.2) is 17.3 Å². The van der Waals surface area contributed by atoms with Crippen molar-refractivity contribution in [1.29, 1.82) is 0 Å². The molecule has 0 aromatic heterocycles. The van der Waals surface area contributed by atoms with Crippen molar-refractivity contribution in [2.24, 2.45) is 0 Å². The fraction of sp³-hybridized carbons (Fsp3) is 0.300. The number of phenols is 1. The van der Waals surface area contributed by atoms with E-state index in [4.69, 9.17) is 4.74 Å². The number of benzene rings is 1. The summed E-state index contributed by atoms with van der Waals surface area (Å²) in [6.07, 6.45) is 0.953. The highest BCUT2D eigenvalue weighted by Gasteiger charge is 2.03. The van der Waals surface area contributed by atoms with Gasteiger partial charge in [-0.15, -0.1) is 12.6 Å². The van der Waals surface area contributed by atoms with Crippen molar-refractivity contribution in [1.82, 2.24) is 0 Å². The molecule has 4 heteroatoms. The lowest BCUT2D eigenvalue weighted by atomic mass is 10.1. The number of carbonyl (C=O) groups is 1. The summed E-state index contributed by atoms with van der Waals surface area (Å²) < 4.78 is 4.89. The Bertz CT molecular complexity index is 336. The third-order valence-electron chi connectivity index (χ3n) is 1.87. The molecule has 0 unspecified atom stereocenters. The first-order chi connectivity index (χ1) is 6.63. The standard InChI is InChI=1S/C10H12O3S/c1-13-9-4-2-7(6-8(9)11)3-5-10(12)14/h2,4,6,11H,3,5H2,1H3,(H,12,14). The summed E-state index contributed by atoms with van der Waals surface area (Å²) in [7, 11) is 1.49. The zero-order valence-electron chi connectivity index (χ0n) is 7.86. The summed E-state index contributed by atoms with van der Waals surface area (Å²) in [5, 5.41) is 9.28. The van der Waals surface area contributed by atoms with Gasteiger partial charge in [-0.25, -0.2) is 0 Å². The number of methoxy groups -OCH3 is 1. The summed E-state index contributed by atoms with van der Waals surface area (Å²) in [4.78, 5) is 10.6. The van der Waals surface area contributed by atoms with Gasteiger partial charge in [0, 0.05) is 6.42 Å². The Morgan fingerprint density at radius 3 is 2.79 bits per heavy atom. The van der Waals surface area contributed by atoms with Crippen LogP contribution in [0.25, 0.3) is 0 Å². The molecule has 0 spiro atoms. The summed E-state index contributed by atoms with van der Waals surface area (Å²) in [5.41, 5.74) is 0.894. The Labute approximate surface area is 88.1 Å². The molecular formula is C10H12O3S. The number of thiol groups is 1. The van der Waals surface area contributed by atoms with E-state index in [0.29, 0.717) is 18.6 Å². The molecule has 1 rings (SSSR count). The van der Waals surface area contributed by atoms with Crippen LogP contribution in [0.3, 0.4) is 0 Å². The molecule has 76 valence electrons. The predicted octanol–water partition coefficient (Wildman–Crippen LogP) is 1.79. The predicted molar refractivity (Wildman–Crippen MR) is 57.0 cm³/mol. The van der Waals surface area contributed by atoms with Gasteiger partial charge in [0.2, 0.25) is 0 Å². The number of hydrogen-bond donors (Lipinski definition) is 2. The lowest BCUT2D eigenvalue weighted by Gasteiger charge is -2.05. The fourth-order valence-electron chi connectivity index (χ4n) is 1.14. The van der Waals surface area contributed by atoms with Crippen LogP contribution < -0.4 is 4.74 Å². The van der Waals surface area contributed by atoms with Gasteiger partial charge < -0.3 is 9.84 Å². The Balaban J connectivity index is 2.71. The highest BCUT2D eigenvalue weighted by molar-refractivity contribution is 7.96. The third kappa shape index (κ3) is 2.96. The lowest BCUT2D eigenvalue weighted by molar-refractivity contribution is -0.110. The van der Waals surface area contributed by atoms with E-state index in [9.17, 15) is 9.90 Å². The van der Waals surface area contributed by atoms with Crippen LogP contribution in [0.1, 0.15) is 12.0 Å². The average molecular weight is 212 g/mol. The molecule has 1 N–H and O–H groups in total. The quantitative estimate of drug-likeness (QED) is 0.748. The van der Waals surface area contributed by atoms with E-state index in [1.165, 1.54) is 7.11 Å². The molecular weight excluding hydrogens is 200 g/mol. The number of ether oxygens (including phenoxy) is 1. The van der Waals surface area contributed by atoms with Crippen molar-refractivity contribution < 1.29 is 14.6 Å². The van der Waals surface area contributed by atoms with E-state index in [-0.39, 0.29) is 10.9 Å². The van der Waals surface area contributed by atoms with Crippen molar-refractivity contribution in [2.75, 3.05) is 7.11 Å². The van der Waals surface area contributed by atoms with Gasteiger partial charge in [0.25, 0.3) is 0 Å². The normalized spacial score (nSPS) is 9.86. The van der Waals surface area contributed by atoms with Crippen LogP contribution in [0, 0.1) is 0 Å². The number of aromatic hydroxyl groups is 1. The number of rotatable bonds is 4. The molecule has 0 aliphatic rings. The molecule has 0 aliphatic heterocycles. The number of phenolic OH excluding ortho intramolecular Hbond substituents is 1. The van der Waals surface area contributed by atoms with E-state index < -0.39 is 0 Å². The topological polar surface area (TPSA) is 46.5 Å². The first kappa shape index (κ1) is 10.9. The Morgan fingerprint density at radius 2 is 2.29 bits per heavy atom. The smallest absolute Gasteiger partial charge is 0.186 e. The second-order valence-corrected chi connectivity index (χ2v) is 3.40. The van der Waals surface area contributed by atoms with E-state index in [2.05, 4.69) is 12.6 Å². The van der Waals surface area contributed by atoms with Crippen molar-refractivity contribution in [3.63, 3.8) is 0 Å². The van der Waals surface area contributed by atoms with Gasteiger partial charge in [0.15, 0.2) is 16.6 Å². The van der Waals surface area contributed by atoms with E-state index in [1.54, 1.807) is 12.1 Å². The fourth-order valence-corrected chi connectivity index (χ4v) is 1.25. The maximum atomic E-state index is 10.6. The Hall–Kier alpha value is -1.16. The van der Waals surface area contributed by atoms with Gasteiger partial charge in [-0.05, 0) is 24.1 Å². The number of carbonyl (C=O) groups excluding carboxylic acids is 1. The average Bonchev–Trinajstić information content (AvgIpc) is 2.15. The molecule has 0 bridgehead atoms. The van der Waals surface area contributed by atoms with Gasteiger partial charge >= 0.3 is 0 Å². The van der Waals surface area contributed by atoms with E-state index in [0.717, 1.165) is 5.56 Å². The minimum atomic E-state index is -0.152. The monoisotopic (exact) mass is 212 g/mol. The van der Waals surface area contributed by atoms with Crippen LogP contribution in [0.2, 0.25) is 0 Å². The van der Waals surface area contributed by atoms with Crippen LogP contribution >= 0.6 is 12.6 Å². The molecule has 0 heterocycles. The molecule has 0 saturated carbocycles. The maximum Gasteiger partial charge on any atom is 0.186 e. The molecule has 0 fully saturated rings. The summed E-state index contributed by atoms with van der Waals surface area (Å²) in [5.74, 6) is 0.530. The van der Waals surface area contributed by atoms with Crippen molar-refractivity contribution in [2.45, 2.75) is 12.8 Å². The number of aryl methyl sites for hydroxylation is 1. The molecule has 0 aliphatic carbocycles. The Morgan fingerprint density at radius 1 is 1.57 bits per heavy atom. The second kappa shape index (κ2) is 4.91. The molecule has 1 aromatic rings. The molecule has 3 nitrogen and oxygen atoms in total. The second-order valence-electron chi connectivity index (χ2n) is 2.90. The van der Waals surface area contributed by atoms with Gasteiger partial charge in [0.1, 0.15) is 0 Å². The molecule has 0 atom stereocenters. The first-order valence-electron chi connectivity index (χ1n) is 4.21. The zero-order valence-corrected chi connectivity index (χ0v) is 8.75. The Kier molecular flexibility index (Phi) is 3.83. The molecule has 14 heavy (non-hydrogen) atoms. The van der Waals surface area contributed by atoms with Gasteiger partial charge in [-0.1, -0.05) is 6.07 Å². The number of hydrogen-bond acceptors (Lipinski definition) is 3. The SMILES string of the molecule is COc1ccc(CCC(=O)S)cc1O. The van der Waals surface area contributed by atoms with Crippen molar-refractivity contribution >= 4 is 17.7 Å². The summed E-state index contributed by atoms with van der Waals surface area (Å²) >= 11 is 3.67.